The summed E-state index contributed by atoms with van der Waals surface area (Å²) >= 11 is 0. The third-order valence-corrected chi connectivity index (χ3v) is 3.49. The van der Waals surface area contributed by atoms with Gasteiger partial charge in [-0.05, 0) is 31.2 Å². The van der Waals surface area contributed by atoms with Crippen molar-refractivity contribution in [2.75, 3.05) is 40.4 Å². The summed E-state index contributed by atoms with van der Waals surface area (Å²) in [6.07, 6.45) is 2.89. The van der Waals surface area contributed by atoms with E-state index in [0.717, 1.165) is 19.3 Å². The van der Waals surface area contributed by atoms with Crippen LogP contribution in [0.4, 0.5) is 0 Å². The second-order valence-electron chi connectivity index (χ2n) is 6.15. The Morgan fingerprint density at radius 3 is 2.52 bits per heavy atom. The highest BCUT2D eigenvalue weighted by Gasteiger charge is 2.20. The lowest BCUT2D eigenvalue weighted by molar-refractivity contribution is -0.135. The molecule has 0 saturated carbocycles. The molecule has 0 spiro atoms. The summed E-state index contributed by atoms with van der Waals surface area (Å²) < 4.78 is 4.90. The predicted molar refractivity (Wildman–Crippen MR) is 83.8 cm³/mol. The van der Waals surface area contributed by atoms with Crippen LogP contribution in [0.5, 0.6) is 0 Å². The Kier molecular flexibility index (Phi) is 9.99. The van der Waals surface area contributed by atoms with Crippen LogP contribution in [0.2, 0.25) is 0 Å². The number of carbonyl (C=O) groups is 2. The number of nitrogens with two attached hydrogens (primary N) is 1. The van der Waals surface area contributed by atoms with Crippen LogP contribution in [0.3, 0.4) is 0 Å². The van der Waals surface area contributed by atoms with Gasteiger partial charge in [0.2, 0.25) is 11.8 Å². The van der Waals surface area contributed by atoms with Gasteiger partial charge in [-0.25, -0.2) is 0 Å². The molecule has 0 aliphatic rings. The molecule has 0 bridgehead atoms. The Balaban J connectivity index is 3.96. The van der Waals surface area contributed by atoms with Crippen molar-refractivity contribution in [2.45, 2.75) is 39.5 Å². The molecular formula is C15H31N3O3. The summed E-state index contributed by atoms with van der Waals surface area (Å²) in [7, 11) is 3.29. The lowest BCUT2D eigenvalue weighted by atomic mass is 9.84. The standard InChI is InChI=1S/C15H31N3O3/c1-15(2,8-9-16)7-6-14(20)18(3)12-13(19)17-10-5-11-21-4/h5-12,16H2,1-4H3,(H,17,19). The second-order valence-corrected chi connectivity index (χ2v) is 6.15. The number of hydrogen-bond donors (Lipinski definition) is 2. The van der Waals surface area contributed by atoms with E-state index in [4.69, 9.17) is 10.5 Å². The zero-order valence-corrected chi connectivity index (χ0v) is 13.9. The Labute approximate surface area is 128 Å². The van der Waals surface area contributed by atoms with Crippen LogP contribution in [-0.4, -0.2) is 57.1 Å². The minimum Gasteiger partial charge on any atom is -0.385 e. The van der Waals surface area contributed by atoms with Crippen molar-refractivity contribution in [3.63, 3.8) is 0 Å². The number of likely N-dealkylation sites (N-methyl/N-ethyl adjacent to an activating group) is 1. The molecule has 0 rings (SSSR count). The van der Waals surface area contributed by atoms with Gasteiger partial charge in [0.05, 0.1) is 6.54 Å². The van der Waals surface area contributed by atoms with Gasteiger partial charge in [-0.15, -0.1) is 0 Å². The summed E-state index contributed by atoms with van der Waals surface area (Å²) in [4.78, 5) is 25.1. The molecule has 0 radical (unpaired) electrons. The third-order valence-electron chi connectivity index (χ3n) is 3.49. The number of nitrogens with zero attached hydrogens (tertiary/aromatic N) is 1. The molecule has 21 heavy (non-hydrogen) atoms. The van der Waals surface area contributed by atoms with E-state index < -0.39 is 0 Å². The third kappa shape index (κ3) is 10.3. The van der Waals surface area contributed by atoms with Gasteiger partial charge in [-0.1, -0.05) is 13.8 Å². The van der Waals surface area contributed by atoms with E-state index in [1.165, 1.54) is 4.90 Å². The van der Waals surface area contributed by atoms with Gasteiger partial charge in [-0.3, -0.25) is 9.59 Å². The van der Waals surface area contributed by atoms with Crippen molar-refractivity contribution in [3.8, 4) is 0 Å². The minimum atomic E-state index is -0.136. The Morgan fingerprint density at radius 2 is 1.95 bits per heavy atom. The van der Waals surface area contributed by atoms with Gasteiger partial charge in [0.1, 0.15) is 0 Å². The zero-order chi connectivity index (χ0) is 16.3. The molecule has 3 N–H and O–H groups in total. The molecule has 0 unspecified atom stereocenters. The normalized spacial score (nSPS) is 11.3. The number of rotatable bonds is 11. The smallest absolute Gasteiger partial charge is 0.239 e. The molecule has 0 aromatic rings. The lowest BCUT2D eigenvalue weighted by Crippen LogP contribution is -2.39. The average molecular weight is 301 g/mol. The molecule has 0 heterocycles. The SMILES string of the molecule is COCCCNC(=O)CN(C)C(=O)CCC(C)(C)CCN. The van der Waals surface area contributed by atoms with E-state index in [2.05, 4.69) is 19.2 Å². The largest absolute Gasteiger partial charge is 0.385 e. The van der Waals surface area contributed by atoms with Crippen LogP contribution in [-0.2, 0) is 14.3 Å². The second kappa shape index (κ2) is 10.6. The van der Waals surface area contributed by atoms with Crippen LogP contribution in [0.1, 0.15) is 39.5 Å². The number of methoxy groups -OCH3 is 1. The van der Waals surface area contributed by atoms with Crippen LogP contribution in [0, 0.1) is 5.41 Å². The summed E-state index contributed by atoms with van der Waals surface area (Å²) in [6, 6.07) is 0. The summed E-state index contributed by atoms with van der Waals surface area (Å²) in [6.45, 7) is 6.12. The number of amides is 2. The fourth-order valence-electron chi connectivity index (χ4n) is 1.96. The molecular weight excluding hydrogens is 270 g/mol. The molecule has 2 amide bonds. The van der Waals surface area contributed by atoms with Crippen LogP contribution < -0.4 is 11.1 Å². The maximum atomic E-state index is 12.0. The average Bonchev–Trinajstić information content (AvgIpc) is 2.41. The van der Waals surface area contributed by atoms with Crippen molar-refractivity contribution >= 4 is 11.8 Å². The Hall–Kier alpha value is -1.14. The molecule has 124 valence electrons. The van der Waals surface area contributed by atoms with E-state index in [0.29, 0.717) is 26.1 Å². The topological polar surface area (TPSA) is 84.7 Å². The maximum Gasteiger partial charge on any atom is 0.239 e. The molecule has 0 aliphatic heterocycles. The van der Waals surface area contributed by atoms with Crippen molar-refractivity contribution < 1.29 is 14.3 Å². The number of carbonyl (C=O) groups excluding carboxylic acids is 2. The fourth-order valence-corrected chi connectivity index (χ4v) is 1.96. The highest BCUT2D eigenvalue weighted by atomic mass is 16.5. The first kappa shape index (κ1) is 19.9. The first-order chi connectivity index (χ1) is 9.82. The number of hydrogen-bond acceptors (Lipinski definition) is 4. The van der Waals surface area contributed by atoms with Crippen LogP contribution >= 0.6 is 0 Å². The molecule has 0 fully saturated rings. The van der Waals surface area contributed by atoms with Gasteiger partial charge in [0.15, 0.2) is 0 Å². The predicted octanol–water partition coefficient (Wildman–Crippen LogP) is 0.753. The Morgan fingerprint density at radius 1 is 1.29 bits per heavy atom. The fraction of sp³-hybridized carbons (Fsp3) is 0.867. The molecule has 0 aromatic heterocycles. The first-order valence-corrected chi connectivity index (χ1v) is 7.52. The van der Waals surface area contributed by atoms with Gasteiger partial charge in [0, 0.05) is 33.7 Å². The van der Waals surface area contributed by atoms with E-state index in [1.807, 2.05) is 0 Å². The zero-order valence-electron chi connectivity index (χ0n) is 13.9. The first-order valence-electron chi connectivity index (χ1n) is 7.52. The van der Waals surface area contributed by atoms with E-state index in [9.17, 15) is 9.59 Å². The molecule has 0 atom stereocenters. The molecule has 0 saturated heterocycles. The van der Waals surface area contributed by atoms with Gasteiger partial charge < -0.3 is 20.7 Å². The number of nitrogens with one attached hydrogen (secondary N) is 1. The van der Waals surface area contributed by atoms with Crippen molar-refractivity contribution in [3.05, 3.63) is 0 Å². The van der Waals surface area contributed by atoms with Crippen LogP contribution in [0.25, 0.3) is 0 Å². The van der Waals surface area contributed by atoms with E-state index in [-0.39, 0.29) is 23.8 Å². The summed E-state index contributed by atoms with van der Waals surface area (Å²) in [5, 5.41) is 2.77. The summed E-state index contributed by atoms with van der Waals surface area (Å²) in [5.74, 6) is -0.143. The molecule has 6 heteroatoms. The monoisotopic (exact) mass is 301 g/mol. The van der Waals surface area contributed by atoms with Gasteiger partial charge >= 0.3 is 0 Å². The minimum absolute atomic E-state index is 0.00728. The quantitative estimate of drug-likeness (QED) is 0.552. The molecule has 0 aliphatic carbocycles. The Bertz CT molecular complexity index is 319. The van der Waals surface area contributed by atoms with Gasteiger partial charge in [0.25, 0.3) is 0 Å². The van der Waals surface area contributed by atoms with Crippen molar-refractivity contribution in [2.24, 2.45) is 11.1 Å². The van der Waals surface area contributed by atoms with E-state index in [1.54, 1.807) is 14.2 Å². The van der Waals surface area contributed by atoms with E-state index >= 15 is 0 Å². The van der Waals surface area contributed by atoms with Crippen molar-refractivity contribution in [1.82, 2.24) is 10.2 Å². The molecule has 0 aromatic carbocycles. The molecule has 6 nitrogen and oxygen atoms in total. The lowest BCUT2D eigenvalue weighted by Gasteiger charge is -2.25. The summed E-state index contributed by atoms with van der Waals surface area (Å²) in [5.41, 5.74) is 5.62. The maximum absolute atomic E-state index is 12.0. The van der Waals surface area contributed by atoms with Crippen LogP contribution in [0.15, 0.2) is 0 Å². The highest BCUT2D eigenvalue weighted by molar-refractivity contribution is 5.84. The van der Waals surface area contributed by atoms with Gasteiger partial charge in [-0.2, -0.15) is 0 Å². The number of ether oxygens (including phenoxy) is 1. The highest BCUT2D eigenvalue weighted by Crippen LogP contribution is 2.26. The van der Waals surface area contributed by atoms with Crippen molar-refractivity contribution in [1.29, 1.82) is 0 Å².